The maximum Gasteiger partial charge on any atom is 0.337 e. The first-order chi connectivity index (χ1) is 8.76. The number of aromatic carboxylic acids is 1. The Morgan fingerprint density at radius 1 is 1.47 bits per heavy atom. The van der Waals surface area contributed by atoms with Gasteiger partial charge in [0.25, 0.3) is 0 Å². The van der Waals surface area contributed by atoms with Crippen molar-refractivity contribution in [2.45, 2.75) is 39.2 Å². The maximum atomic E-state index is 11.1. The van der Waals surface area contributed by atoms with Gasteiger partial charge in [-0.25, -0.2) is 4.79 Å². The zero-order valence-electron chi connectivity index (χ0n) is 11.7. The molecule has 1 rings (SSSR count). The number of aryl methyl sites for hydroxylation is 1. The van der Waals surface area contributed by atoms with E-state index in [1.165, 1.54) is 6.07 Å². The Balaban J connectivity index is 2.88. The lowest BCUT2D eigenvalue weighted by Gasteiger charge is -2.24. The average molecular weight is 266 g/mol. The van der Waals surface area contributed by atoms with Crippen LogP contribution in [0.5, 0.6) is 0 Å². The van der Waals surface area contributed by atoms with Crippen molar-refractivity contribution in [3.05, 3.63) is 23.3 Å². The van der Waals surface area contributed by atoms with E-state index in [0.717, 1.165) is 6.42 Å². The lowest BCUT2D eigenvalue weighted by molar-refractivity contribution is 0.0636. The molecular formula is C14H22N2O3. The fourth-order valence-corrected chi connectivity index (χ4v) is 2.00. The zero-order chi connectivity index (χ0) is 14.6. The van der Waals surface area contributed by atoms with Crippen molar-refractivity contribution in [1.82, 2.24) is 0 Å². The molecule has 1 aromatic carbocycles. The molecule has 1 unspecified atom stereocenters. The van der Waals surface area contributed by atoms with Crippen LogP contribution in [0, 0.1) is 6.92 Å². The van der Waals surface area contributed by atoms with Gasteiger partial charge in [-0.15, -0.1) is 0 Å². The summed E-state index contributed by atoms with van der Waals surface area (Å²) in [7, 11) is 0. The first-order valence-electron chi connectivity index (χ1n) is 6.36. The highest BCUT2D eigenvalue weighted by Crippen LogP contribution is 2.23. The van der Waals surface area contributed by atoms with Gasteiger partial charge in [-0.3, -0.25) is 0 Å². The zero-order valence-corrected chi connectivity index (χ0v) is 11.7. The molecule has 5 heteroatoms. The second-order valence-electron chi connectivity index (χ2n) is 5.16. The lowest BCUT2D eigenvalue weighted by Crippen LogP contribution is -2.33. The van der Waals surface area contributed by atoms with E-state index in [4.69, 9.17) is 10.8 Å². The molecule has 5 N–H and O–H groups in total. The fourth-order valence-electron chi connectivity index (χ4n) is 2.00. The average Bonchev–Trinajstić information content (AvgIpc) is 2.30. The van der Waals surface area contributed by atoms with Crippen LogP contribution in [0.4, 0.5) is 11.4 Å². The summed E-state index contributed by atoms with van der Waals surface area (Å²) in [4.78, 5) is 11.1. The Morgan fingerprint density at radius 2 is 2.11 bits per heavy atom. The summed E-state index contributed by atoms with van der Waals surface area (Å²) >= 11 is 0. The third kappa shape index (κ3) is 4.13. The normalized spacial score (nSPS) is 13.9. The quantitative estimate of drug-likeness (QED) is 0.592. The van der Waals surface area contributed by atoms with E-state index in [-0.39, 0.29) is 11.3 Å². The summed E-state index contributed by atoms with van der Waals surface area (Å²) in [5.74, 6) is -1.05. The van der Waals surface area contributed by atoms with Crippen molar-refractivity contribution in [3.63, 3.8) is 0 Å². The number of benzene rings is 1. The summed E-state index contributed by atoms with van der Waals surface area (Å²) in [6.07, 6.45) is 1.57. The molecule has 0 saturated carbocycles. The van der Waals surface area contributed by atoms with Crippen LogP contribution < -0.4 is 11.1 Å². The number of rotatable bonds is 6. The van der Waals surface area contributed by atoms with Gasteiger partial charge in [0.1, 0.15) is 0 Å². The number of nitrogens with one attached hydrogen (secondary N) is 1. The van der Waals surface area contributed by atoms with Crippen LogP contribution in [0.2, 0.25) is 0 Å². The second-order valence-corrected chi connectivity index (χ2v) is 5.16. The number of carbonyl (C=O) groups is 1. The Kier molecular flexibility index (Phi) is 4.78. The van der Waals surface area contributed by atoms with Crippen molar-refractivity contribution in [2.24, 2.45) is 0 Å². The lowest BCUT2D eigenvalue weighted by atomic mass is 10.0. The molecule has 0 radical (unpaired) electrons. The summed E-state index contributed by atoms with van der Waals surface area (Å²) in [6, 6.07) is 3.27. The molecule has 0 fully saturated rings. The van der Waals surface area contributed by atoms with Gasteiger partial charge in [-0.1, -0.05) is 13.3 Å². The van der Waals surface area contributed by atoms with E-state index in [1.54, 1.807) is 19.9 Å². The number of hydrogen-bond acceptors (Lipinski definition) is 4. The third-order valence-electron chi connectivity index (χ3n) is 3.08. The van der Waals surface area contributed by atoms with Gasteiger partial charge in [-0.05, 0) is 38.0 Å². The number of hydrogen-bond donors (Lipinski definition) is 4. The van der Waals surface area contributed by atoms with Crippen LogP contribution in [-0.4, -0.2) is 28.3 Å². The minimum absolute atomic E-state index is 0.0811. The van der Waals surface area contributed by atoms with Crippen LogP contribution in [0.15, 0.2) is 12.1 Å². The van der Waals surface area contributed by atoms with Crippen molar-refractivity contribution >= 4 is 17.3 Å². The minimum atomic E-state index is -1.05. The largest absolute Gasteiger partial charge is 0.478 e. The van der Waals surface area contributed by atoms with E-state index in [9.17, 15) is 9.90 Å². The van der Waals surface area contributed by atoms with Crippen molar-refractivity contribution in [3.8, 4) is 0 Å². The smallest absolute Gasteiger partial charge is 0.337 e. The van der Waals surface area contributed by atoms with E-state index in [1.807, 2.05) is 6.92 Å². The van der Waals surface area contributed by atoms with E-state index in [2.05, 4.69) is 5.32 Å². The Morgan fingerprint density at radius 3 is 2.63 bits per heavy atom. The number of aliphatic hydroxyl groups is 1. The van der Waals surface area contributed by atoms with Crippen molar-refractivity contribution in [2.75, 3.05) is 17.6 Å². The third-order valence-corrected chi connectivity index (χ3v) is 3.08. The van der Waals surface area contributed by atoms with Crippen molar-refractivity contribution < 1.29 is 15.0 Å². The van der Waals surface area contributed by atoms with Gasteiger partial charge in [0, 0.05) is 17.9 Å². The summed E-state index contributed by atoms with van der Waals surface area (Å²) < 4.78 is 0. The topological polar surface area (TPSA) is 95.6 Å². The van der Waals surface area contributed by atoms with Gasteiger partial charge in [-0.2, -0.15) is 0 Å². The summed E-state index contributed by atoms with van der Waals surface area (Å²) in [5, 5.41) is 22.2. The molecule has 19 heavy (non-hydrogen) atoms. The second kappa shape index (κ2) is 5.93. The summed E-state index contributed by atoms with van der Waals surface area (Å²) in [6.45, 7) is 5.89. The standard InChI is InChI=1S/C14H22N2O3/c1-4-5-14(3,19)8-16-10-6-9(2)12(15)11(7-10)13(17)18/h6-7,16,19H,4-5,8,15H2,1-3H3,(H,17,18). The molecule has 0 bridgehead atoms. The highest BCUT2D eigenvalue weighted by Gasteiger charge is 2.19. The first-order valence-corrected chi connectivity index (χ1v) is 6.36. The van der Waals surface area contributed by atoms with Crippen LogP contribution in [0.25, 0.3) is 0 Å². The molecule has 1 atom stereocenters. The molecule has 0 aromatic heterocycles. The number of nitrogens with two attached hydrogens (primary N) is 1. The SMILES string of the molecule is CCCC(C)(O)CNc1cc(C)c(N)c(C(=O)O)c1. The fraction of sp³-hybridized carbons (Fsp3) is 0.500. The molecule has 5 nitrogen and oxygen atoms in total. The number of anilines is 2. The van der Waals surface area contributed by atoms with E-state index < -0.39 is 11.6 Å². The predicted octanol–water partition coefficient (Wildman–Crippen LogP) is 2.24. The molecule has 0 amide bonds. The highest BCUT2D eigenvalue weighted by atomic mass is 16.4. The Bertz CT molecular complexity index is 470. The van der Waals surface area contributed by atoms with Crippen LogP contribution in [0.1, 0.15) is 42.6 Å². The summed E-state index contributed by atoms with van der Waals surface area (Å²) in [5.41, 5.74) is 6.63. The molecule has 0 heterocycles. The first kappa shape index (κ1) is 15.3. The minimum Gasteiger partial charge on any atom is -0.478 e. The van der Waals surface area contributed by atoms with E-state index in [0.29, 0.717) is 24.2 Å². The van der Waals surface area contributed by atoms with Crippen LogP contribution >= 0.6 is 0 Å². The van der Waals surface area contributed by atoms with Gasteiger partial charge in [0.05, 0.1) is 11.2 Å². The van der Waals surface area contributed by atoms with Gasteiger partial charge in [0.2, 0.25) is 0 Å². The van der Waals surface area contributed by atoms with E-state index >= 15 is 0 Å². The predicted molar refractivity (Wildman–Crippen MR) is 76.6 cm³/mol. The molecule has 0 saturated heterocycles. The molecule has 0 aliphatic rings. The molecular weight excluding hydrogens is 244 g/mol. The molecule has 0 aliphatic carbocycles. The Hall–Kier alpha value is -1.75. The Labute approximate surface area is 113 Å². The monoisotopic (exact) mass is 266 g/mol. The van der Waals surface area contributed by atoms with Gasteiger partial charge >= 0.3 is 5.97 Å². The maximum absolute atomic E-state index is 11.1. The van der Waals surface area contributed by atoms with Crippen LogP contribution in [-0.2, 0) is 0 Å². The van der Waals surface area contributed by atoms with Gasteiger partial charge < -0.3 is 21.3 Å². The number of carboxylic acid groups (broad SMARTS) is 1. The molecule has 0 spiro atoms. The molecule has 106 valence electrons. The van der Waals surface area contributed by atoms with Gasteiger partial charge in [0.15, 0.2) is 0 Å². The van der Waals surface area contributed by atoms with Crippen LogP contribution in [0.3, 0.4) is 0 Å². The number of carboxylic acids is 1. The number of nitrogen functional groups attached to an aromatic ring is 1. The molecule has 1 aromatic rings. The highest BCUT2D eigenvalue weighted by molar-refractivity contribution is 5.95. The van der Waals surface area contributed by atoms with Crippen molar-refractivity contribution in [1.29, 1.82) is 0 Å². The molecule has 0 aliphatic heterocycles.